The van der Waals surface area contributed by atoms with Crippen LogP contribution in [-0.2, 0) is 32.6 Å². The van der Waals surface area contributed by atoms with Gasteiger partial charge < -0.3 is 15.0 Å². The molecule has 1 aliphatic carbocycles. The lowest BCUT2D eigenvalue weighted by atomic mass is 9.94. The molecule has 0 unspecified atom stereocenters. The summed E-state index contributed by atoms with van der Waals surface area (Å²) >= 11 is 13.2. The van der Waals surface area contributed by atoms with Gasteiger partial charge in [0, 0.05) is 34.6 Å². The van der Waals surface area contributed by atoms with Crippen LogP contribution < -0.4 is 14.4 Å². The summed E-state index contributed by atoms with van der Waals surface area (Å²) in [5.41, 5.74) is 1.28. The average Bonchev–Trinajstić information content (AvgIpc) is 3.11. The van der Waals surface area contributed by atoms with Gasteiger partial charge in [0.15, 0.2) is 0 Å². The van der Waals surface area contributed by atoms with Crippen LogP contribution in [0.3, 0.4) is 0 Å². The summed E-state index contributed by atoms with van der Waals surface area (Å²) in [6.45, 7) is 1.33. The summed E-state index contributed by atoms with van der Waals surface area (Å²) in [6.07, 6.45) is 4.87. The molecule has 4 aromatic rings. The highest BCUT2D eigenvalue weighted by molar-refractivity contribution is 7.92. The smallest absolute Gasteiger partial charge is 0.264 e. The van der Waals surface area contributed by atoms with Gasteiger partial charge in [-0.05, 0) is 86.0 Å². The molecule has 50 heavy (non-hydrogen) atoms. The van der Waals surface area contributed by atoms with Crippen molar-refractivity contribution in [1.82, 2.24) is 10.2 Å². The molecule has 1 saturated carbocycles. The van der Waals surface area contributed by atoms with Crippen molar-refractivity contribution in [2.75, 3.05) is 17.5 Å². The minimum Gasteiger partial charge on any atom is -0.494 e. The molecule has 8 nitrogen and oxygen atoms in total. The number of ether oxygens (including phenoxy) is 1. The van der Waals surface area contributed by atoms with Gasteiger partial charge in [-0.1, -0.05) is 78.9 Å². The van der Waals surface area contributed by atoms with E-state index in [1.165, 1.54) is 41.3 Å². The largest absolute Gasteiger partial charge is 0.494 e. The van der Waals surface area contributed by atoms with Crippen molar-refractivity contribution >= 4 is 50.7 Å². The molecule has 2 amide bonds. The van der Waals surface area contributed by atoms with Gasteiger partial charge in [0.1, 0.15) is 24.2 Å². The van der Waals surface area contributed by atoms with Crippen LogP contribution in [0.15, 0.2) is 102 Å². The van der Waals surface area contributed by atoms with Gasteiger partial charge in [-0.25, -0.2) is 12.8 Å². The van der Waals surface area contributed by atoms with E-state index >= 15 is 0 Å². The predicted octanol–water partition coefficient (Wildman–Crippen LogP) is 7.82. The number of anilines is 1. The van der Waals surface area contributed by atoms with Gasteiger partial charge in [0.25, 0.3) is 10.0 Å². The Bertz CT molecular complexity index is 1840. The monoisotopic (exact) mass is 739 g/mol. The molecule has 1 N–H and O–H groups in total. The summed E-state index contributed by atoms with van der Waals surface area (Å²) in [6, 6.07) is 23.8. The maximum Gasteiger partial charge on any atom is 0.264 e. The second kappa shape index (κ2) is 17.2. The number of carbonyl (C=O) groups is 2. The summed E-state index contributed by atoms with van der Waals surface area (Å²) in [5.74, 6) is -1.14. The average molecular weight is 741 g/mol. The van der Waals surface area contributed by atoms with E-state index in [0.717, 1.165) is 54.1 Å². The fraction of sp³-hybridized carbons (Fsp3) is 0.316. The fourth-order valence-electron chi connectivity index (χ4n) is 6.09. The van der Waals surface area contributed by atoms with Crippen molar-refractivity contribution in [3.8, 4) is 5.75 Å². The topological polar surface area (TPSA) is 96.0 Å². The number of hydrogen-bond acceptors (Lipinski definition) is 5. The van der Waals surface area contributed by atoms with E-state index in [0.29, 0.717) is 28.0 Å². The van der Waals surface area contributed by atoms with Crippen LogP contribution in [0, 0.1) is 5.82 Å². The van der Waals surface area contributed by atoms with E-state index < -0.39 is 34.3 Å². The minimum atomic E-state index is -4.39. The Labute approximate surface area is 303 Å². The van der Waals surface area contributed by atoms with E-state index in [1.54, 1.807) is 18.2 Å². The van der Waals surface area contributed by atoms with Crippen LogP contribution in [0.2, 0.25) is 10.0 Å². The highest BCUT2D eigenvalue weighted by atomic mass is 35.5. The number of halogens is 3. The predicted molar refractivity (Wildman–Crippen MR) is 195 cm³/mol. The van der Waals surface area contributed by atoms with E-state index in [9.17, 15) is 22.4 Å². The second-order valence-corrected chi connectivity index (χ2v) is 14.8. The molecule has 5 rings (SSSR count). The lowest BCUT2D eigenvalue weighted by molar-refractivity contribution is -0.140. The van der Waals surface area contributed by atoms with Gasteiger partial charge in [-0.2, -0.15) is 0 Å². The fourth-order valence-corrected chi connectivity index (χ4v) is 8.02. The first-order valence-corrected chi connectivity index (χ1v) is 18.8. The van der Waals surface area contributed by atoms with Crippen LogP contribution in [0.4, 0.5) is 10.1 Å². The van der Waals surface area contributed by atoms with Crippen molar-refractivity contribution in [1.29, 1.82) is 0 Å². The number of nitrogens with one attached hydrogen (secondary N) is 1. The Morgan fingerprint density at radius 3 is 2.14 bits per heavy atom. The third kappa shape index (κ3) is 9.35. The molecule has 4 aromatic carbocycles. The van der Waals surface area contributed by atoms with Crippen LogP contribution in [0.1, 0.15) is 50.2 Å². The third-order valence-corrected chi connectivity index (χ3v) is 11.2. The molecule has 0 radical (unpaired) electrons. The molecule has 264 valence electrons. The van der Waals surface area contributed by atoms with E-state index in [-0.39, 0.29) is 35.5 Å². The van der Waals surface area contributed by atoms with Crippen LogP contribution in [0.25, 0.3) is 0 Å². The van der Waals surface area contributed by atoms with E-state index in [1.807, 2.05) is 37.3 Å². The Hall–Kier alpha value is -4.12. The SMILES string of the molecule is CCOc1ccc(S(=O)(=O)N(CC(=O)N(Cc2c(Cl)cccc2Cl)[C@H](Cc2ccccc2)C(=O)NC2CCCCC2)c2ccc(F)cc2)cc1. The van der Waals surface area contributed by atoms with E-state index in [2.05, 4.69) is 5.32 Å². The van der Waals surface area contributed by atoms with Crippen molar-refractivity contribution < 1.29 is 27.1 Å². The van der Waals surface area contributed by atoms with E-state index in [4.69, 9.17) is 27.9 Å². The van der Waals surface area contributed by atoms with Crippen molar-refractivity contribution in [3.05, 3.63) is 124 Å². The maximum atomic E-state index is 14.7. The molecule has 0 heterocycles. The van der Waals surface area contributed by atoms with Crippen LogP contribution >= 0.6 is 23.2 Å². The van der Waals surface area contributed by atoms with Gasteiger partial charge >= 0.3 is 0 Å². The summed E-state index contributed by atoms with van der Waals surface area (Å²) in [7, 11) is -4.39. The first kappa shape index (κ1) is 37.1. The first-order valence-electron chi connectivity index (χ1n) is 16.6. The zero-order chi connectivity index (χ0) is 35.7. The van der Waals surface area contributed by atoms with Gasteiger partial charge in [-0.15, -0.1) is 0 Å². The second-order valence-electron chi connectivity index (χ2n) is 12.2. The van der Waals surface area contributed by atoms with Crippen molar-refractivity contribution in [3.63, 3.8) is 0 Å². The van der Waals surface area contributed by atoms with Crippen LogP contribution in [0.5, 0.6) is 5.75 Å². The molecule has 1 atom stereocenters. The number of sulfonamides is 1. The minimum absolute atomic E-state index is 0.0499. The lowest BCUT2D eigenvalue weighted by Gasteiger charge is -2.35. The Kier molecular flexibility index (Phi) is 12.8. The quantitative estimate of drug-likeness (QED) is 0.142. The molecule has 0 saturated heterocycles. The molecule has 12 heteroatoms. The lowest BCUT2D eigenvalue weighted by Crippen LogP contribution is -2.55. The summed E-state index contributed by atoms with van der Waals surface area (Å²) < 4.78 is 49.0. The number of nitrogens with zero attached hydrogens (tertiary/aromatic N) is 2. The first-order chi connectivity index (χ1) is 24.1. The molecule has 0 aromatic heterocycles. The molecule has 0 bridgehead atoms. The van der Waals surface area contributed by atoms with Gasteiger partial charge in [-0.3, -0.25) is 13.9 Å². The number of carbonyl (C=O) groups excluding carboxylic acids is 2. The highest BCUT2D eigenvalue weighted by Crippen LogP contribution is 2.30. The van der Waals surface area contributed by atoms with Crippen LogP contribution in [-0.4, -0.2) is 50.4 Å². The number of hydrogen-bond donors (Lipinski definition) is 1. The molecule has 0 spiro atoms. The maximum absolute atomic E-state index is 14.7. The Morgan fingerprint density at radius 2 is 1.52 bits per heavy atom. The number of rotatable bonds is 14. The molecule has 1 fully saturated rings. The van der Waals surface area contributed by atoms with Gasteiger partial charge in [0.05, 0.1) is 17.2 Å². The summed E-state index contributed by atoms with van der Waals surface area (Å²) in [4.78, 5) is 30.2. The van der Waals surface area contributed by atoms with Crippen molar-refractivity contribution in [2.45, 2.75) is 69.0 Å². The van der Waals surface area contributed by atoms with Gasteiger partial charge in [0.2, 0.25) is 11.8 Å². The molecular formula is C38H40Cl2FN3O5S. The third-order valence-electron chi connectivity index (χ3n) is 8.73. The number of amides is 2. The molecular weight excluding hydrogens is 700 g/mol. The Balaban J connectivity index is 1.58. The number of benzene rings is 4. The Morgan fingerprint density at radius 1 is 0.880 bits per heavy atom. The normalized spacial score (nSPS) is 14.1. The standard InChI is InChI=1S/C38H40Cl2FN3O5S/c1-2-49-31-20-22-32(23-21-31)50(47,48)44(30-18-16-28(41)17-19-30)26-37(45)43(25-33-34(39)14-9-15-35(33)40)36(24-27-10-5-3-6-11-27)38(46)42-29-12-7-4-8-13-29/h3,5-6,9-11,14-23,29,36H,2,4,7-8,12-13,24-26H2,1H3,(H,42,46)/t36-/m1/s1. The molecule has 0 aliphatic heterocycles. The summed E-state index contributed by atoms with van der Waals surface area (Å²) in [5, 5.41) is 3.75. The molecule has 1 aliphatic rings. The highest BCUT2D eigenvalue weighted by Gasteiger charge is 2.36. The van der Waals surface area contributed by atoms with Crippen molar-refractivity contribution in [2.24, 2.45) is 0 Å². The zero-order valence-electron chi connectivity index (χ0n) is 27.7. The zero-order valence-corrected chi connectivity index (χ0v) is 30.1.